The molecule has 0 bridgehead atoms. The smallest absolute Gasteiger partial charge is 0.184 e. The summed E-state index contributed by atoms with van der Waals surface area (Å²) >= 11 is 0. The van der Waals surface area contributed by atoms with Crippen LogP contribution in [0.25, 0.3) is 0 Å². The molecule has 0 aromatic carbocycles. The Balaban J connectivity index is 1.42. The van der Waals surface area contributed by atoms with Crippen LogP contribution in [-0.4, -0.2) is 14.4 Å². The Kier molecular flexibility index (Phi) is 7.37. The van der Waals surface area contributed by atoms with E-state index in [9.17, 15) is 0 Å². The van der Waals surface area contributed by atoms with Gasteiger partial charge in [-0.3, -0.25) is 0 Å². The summed E-state index contributed by atoms with van der Waals surface area (Å²) in [6.07, 6.45) is 18.2. The minimum absolute atomic E-state index is 0.563. The summed E-state index contributed by atoms with van der Waals surface area (Å²) in [5, 5.41) is 0. The van der Waals surface area contributed by atoms with Gasteiger partial charge in [0.25, 0.3) is 0 Å². The van der Waals surface area contributed by atoms with Gasteiger partial charge in [-0.05, 0) is 130 Å². The molecule has 9 atom stereocenters. The van der Waals surface area contributed by atoms with Crippen LogP contribution < -0.4 is 0 Å². The second-order valence-electron chi connectivity index (χ2n) is 14.8. The number of fused-ring (bicyclic) bond motifs is 5. The van der Waals surface area contributed by atoms with Crippen LogP contribution in [0.5, 0.6) is 0 Å². The lowest BCUT2D eigenvalue weighted by molar-refractivity contribution is -0.127. The number of hydrogen-bond acceptors (Lipinski definition) is 1. The zero-order valence-corrected chi connectivity index (χ0v) is 24.0. The van der Waals surface area contributed by atoms with Gasteiger partial charge in [0.1, 0.15) is 0 Å². The average Bonchev–Trinajstić information content (AvgIpc) is 3.04. The maximum absolute atomic E-state index is 6.62. The van der Waals surface area contributed by atoms with Gasteiger partial charge in [-0.25, -0.2) is 0 Å². The highest BCUT2D eigenvalue weighted by Gasteiger charge is 2.60. The highest BCUT2D eigenvalue weighted by Crippen LogP contribution is 2.68. The van der Waals surface area contributed by atoms with Gasteiger partial charge in [0.15, 0.2) is 8.32 Å². The van der Waals surface area contributed by atoms with Crippen LogP contribution in [0.4, 0.5) is 0 Å². The summed E-state index contributed by atoms with van der Waals surface area (Å²) in [7, 11) is -1.42. The van der Waals surface area contributed by atoms with Gasteiger partial charge in [-0.1, -0.05) is 53.9 Å². The fourth-order valence-electron chi connectivity index (χ4n) is 9.85. The Morgan fingerprint density at radius 1 is 0.812 bits per heavy atom. The maximum atomic E-state index is 6.62. The molecule has 2 heteroatoms. The van der Waals surface area contributed by atoms with Crippen LogP contribution in [0.1, 0.15) is 112 Å². The van der Waals surface area contributed by atoms with Crippen molar-refractivity contribution in [3.05, 3.63) is 0 Å². The molecule has 32 heavy (non-hydrogen) atoms. The van der Waals surface area contributed by atoms with Crippen molar-refractivity contribution in [3.63, 3.8) is 0 Å². The molecule has 186 valence electrons. The molecule has 0 aliphatic heterocycles. The van der Waals surface area contributed by atoms with Crippen LogP contribution in [0, 0.1) is 52.3 Å². The molecule has 4 saturated carbocycles. The first-order valence-electron chi connectivity index (χ1n) is 14.6. The molecule has 4 aliphatic carbocycles. The highest BCUT2D eigenvalue weighted by molar-refractivity contribution is 6.69. The highest BCUT2D eigenvalue weighted by atomic mass is 28.4. The van der Waals surface area contributed by atoms with Crippen molar-refractivity contribution in [2.75, 3.05) is 0 Å². The third-order valence-corrected chi connectivity index (χ3v) is 12.4. The summed E-state index contributed by atoms with van der Waals surface area (Å²) in [6, 6.07) is 0. The molecule has 0 heterocycles. The van der Waals surface area contributed by atoms with E-state index in [0.717, 1.165) is 41.4 Å². The lowest BCUT2D eigenvalue weighted by Crippen LogP contribution is -2.54. The zero-order chi connectivity index (χ0) is 23.3. The van der Waals surface area contributed by atoms with Gasteiger partial charge in [-0.15, -0.1) is 0 Å². The molecule has 0 unspecified atom stereocenters. The minimum Gasteiger partial charge on any atom is -0.415 e. The van der Waals surface area contributed by atoms with Gasteiger partial charge >= 0.3 is 0 Å². The summed E-state index contributed by atoms with van der Waals surface area (Å²) in [4.78, 5) is 0. The van der Waals surface area contributed by atoms with Crippen molar-refractivity contribution >= 4 is 8.32 Å². The molecule has 0 radical (unpaired) electrons. The predicted molar refractivity (Wildman–Crippen MR) is 141 cm³/mol. The predicted octanol–water partition coefficient (Wildman–Crippen LogP) is 9.33. The fourth-order valence-corrected chi connectivity index (χ4v) is 11.1. The first-order chi connectivity index (χ1) is 14.9. The van der Waals surface area contributed by atoms with E-state index in [-0.39, 0.29) is 0 Å². The standard InChI is InChI=1S/C30H56OSi/c1-21(2)10-9-11-22(3)26-14-15-27-25-13-12-23-20-24(31-32(6,7)8)16-18-29(23,4)28(25)17-19-30(26,27)5/h21-28H,9-20H2,1-8H3/t22-,23-,24+,25+,26-,27+,28+,29+,30-/m1/s1. The van der Waals surface area contributed by atoms with E-state index in [1.54, 1.807) is 6.42 Å². The lowest BCUT2D eigenvalue weighted by Gasteiger charge is -2.61. The van der Waals surface area contributed by atoms with Crippen molar-refractivity contribution in [1.82, 2.24) is 0 Å². The molecular weight excluding hydrogens is 404 g/mol. The van der Waals surface area contributed by atoms with Crippen molar-refractivity contribution in [3.8, 4) is 0 Å². The molecule has 0 aromatic heterocycles. The number of rotatable bonds is 7. The summed E-state index contributed by atoms with van der Waals surface area (Å²) in [5.74, 6) is 6.77. The molecule has 0 N–H and O–H groups in total. The monoisotopic (exact) mass is 460 g/mol. The molecule has 0 saturated heterocycles. The third kappa shape index (κ3) is 4.80. The molecule has 0 amide bonds. The van der Waals surface area contributed by atoms with Crippen LogP contribution in [0.3, 0.4) is 0 Å². The fraction of sp³-hybridized carbons (Fsp3) is 1.00. The molecule has 4 aliphatic rings. The Morgan fingerprint density at radius 2 is 1.50 bits per heavy atom. The molecule has 0 aromatic rings. The van der Waals surface area contributed by atoms with E-state index in [0.29, 0.717) is 16.9 Å². The van der Waals surface area contributed by atoms with Crippen LogP contribution in [-0.2, 0) is 4.43 Å². The Bertz CT molecular complexity index is 637. The van der Waals surface area contributed by atoms with Crippen LogP contribution >= 0.6 is 0 Å². The van der Waals surface area contributed by atoms with Gasteiger partial charge in [0.05, 0.1) is 0 Å². The van der Waals surface area contributed by atoms with E-state index in [2.05, 4.69) is 54.3 Å². The average molecular weight is 461 g/mol. The van der Waals surface area contributed by atoms with Crippen LogP contribution in [0.2, 0.25) is 19.6 Å². The molecular formula is C30H56OSi. The van der Waals surface area contributed by atoms with Gasteiger partial charge < -0.3 is 4.43 Å². The number of hydrogen-bond donors (Lipinski definition) is 0. The summed E-state index contributed by atoms with van der Waals surface area (Å²) in [5.41, 5.74) is 1.24. The maximum Gasteiger partial charge on any atom is 0.184 e. The quantitative estimate of drug-likeness (QED) is 0.344. The normalized spacial score (nSPS) is 45.3. The SMILES string of the molecule is CC(C)CCC[C@@H](C)[C@H]1CC[C@H]2[C@@H]3CC[C@@H]4C[C@@H](O[Si](C)(C)C)CC[C@]4(C)[C@H]3CC[C@]12C. The van der Waals surface area contributed by atoms with Gasteiger partial charge in [-0.2, -0.15) is 0 Å². The summed E-state index contributed by atoms with van der Waals surface area (Å²) < 4.78 is 6.62. The van der Waals surface area contributed by atoms with Gasteiger partial charge in [0, 0.05) is 6.10 Å². The topological polar surface area (TPSA) is 9.23 Å². The first-order valence-corrected chi connectivity index (χ1v) is 18.0. The van der Waals surface area contributed by atoms with E-state index < -0.39 is 8.32 Å². The Labute approximate surface area is 202 Å². The molecule has 1 nitrogen and oxygen atoms in total. The first kappa shape index (κ1) is 25.3. The second-order valence-corrected chi connectivity index (χ2v) is 19.3. The van der Waals surface area contributed by atoms with E-state index in [4.69, 9.17) is 4.43 Å². The molecule has 0 spiro atoms. The Morgan fingerprint density at radius 3 is 2.19 bits per heavy atom. The van der Waals surface area contributed by atoms with E-state index in [1.165, 1.54) is 70.6 Å². The molecule has 4 fully saturated rings. The zero-order valence-electron chi connectivity index (χ0n) is 23.0. The molecule has 4 rings (SSSR count). The van der Waals surface area contributed by atoms with Gasteiger partial charge in [0.2, 0.25) is 0 Å². The Hall–Kier alpha value is 0.177. The largest absolute Gasteiger partial charge is 0.415 e. The van der Waals surface area contributed by atoms with E-state index in [1.807, 2.05) is 0 Å². The van der Waals surface area contributed by atoms with Crippen molar-refractivity contribution in [2.45, 2.75) is 137 Å². The van der Waals surface area contributed by atoms with Crippen molar-refractivity contribution in [1.29, 1.82) is 0 Å². The minimum atomic E-state index is -1.42. The third-order valence-electron chi connectivity index (χ3n) is 11.3. The second kappa shape index (κ2) is 9.33. The van der Waals surface area contributed by atoms with Crippen molar-refractivity contribution in [2.24, 2.45) is 52.3 Å². The lowest BCUT2D eigenvalue weighted by atomic mass is 9.44. The summed E-state index contributed by atoms with van der Waals surface area (Å²) in [6.45, 7) is 20.0. The van der Waals surface area contributed by atoms with Crippen LogP contribution in [0.15, 0.2) is 0 Å². The van der Waals surface area contributed by atoms with Crippen molar-refractivity contribution < 1.29 is 4.43 Å². The van der Waals surface area contributed by atoms with E-state index >= 15 is 0 Å².